The Hall–Kier alpha value is -9.20. The van der Waals surface area contributed by atoms with Gasteiger partial charge in [-0.05, 0) is 189 Å². The average Bonchev–Trinajstić information content (AvgIpc) is 1.29. The first kappa shape index (κ1) is 112. The van der Waals surface area contributed by atoms with Crippen molar-refractivity contribution in [1.82, 2.24) is 10.2 Å². The molecule has 9 fully saturated rings. The Morgan fingerprint density at radius 3 is 1.38 bits per heavy atom. The van der Waals surface area contributed by atoms with Gasteiger partial charge in [0, 0.05) is 72.3 Å². The Bertz CT molecular complexity index is 5190. The SMILES string of the molecule is C.C.C.CC(=O)O[C@@]12CO[C@@H]1C[C@H](C)[C@@]1(C)C(=O)[C@H](OC(=O)C3CCCC3)C3=C(C)[C@@H](O)C[C@@](O)([C@@H](OC(=O)c4ccccc4)[C@H]21)C3(C)C.COC(C)(C)O[C@@H](C(=O)O[C@H]1C[C@@]2(O)[C@@H](OC(=O)c3ccccc3)[C@@H]3[C@]4(OC(C)=O)CO[C@@H]4C[C@H](C)[C@@]3(C)C(=O)[C@H](OC(=O)C3CCCC3)C(=C1C)C2(C)C)[C@@H](NC(=O)OC(C)C)c1cccs1.COC(C)(C)O[C@H]1C(=O)N(C(=O)OC(C)C)[C@H]1c1cccs1. The van der Waals surface area contributed by atoms with E-state index < -0.39 is 242 Å². The molecule has 8 aliphatic carbocycles. The van der Waals surface area contributed by atoms with E-state index in [0.29, 0.717) is 53.7 Å². The molecule has 768 valence electrons. The zero-order valence-electron chi connectivity index (χ0n) is 81.8. The highest BCUT2D eigenvalue weighted by molar-refractivity contribution is 7.10. The van der Waals surface area contributed by atoms with Crippen molar-refractivity contribution in [3.63, 3.8) is 0 Å². The van der Waals surface area contributed by atoms with Gasteiger partial charge in [-0.1, -0.05) is 152 Å². The maximum atomic E-state index is 16.2. The van der Waals surface area contributed by atoms with Gasteiger partial charge in [-0.2, -0.15) is 0 Å². The lowest BCUT2D eigenvalue weighted by atomic mass is 9.43. The van der Waals surface area contributed by atoms with E-state index in [1.807, 2.05) is 31.4 Å². The Balaban J connectivity index is 0.000000240. The van der Waals surface area contributed by atoms with E-state index in [1.165, 1.54) is 50.7 Å². The Kier molecular flexibility index (Phi) is 34.4. The Morgan fingerprint density at radius 2 is 0.986 bits per heavy atom. The molecule has 22 atom stereocenters. The van der Waals surface area contributed by atoms with Gasteiger partial charge in [-0.15, -0.1) is 22.7 Å². The number of ether oxygens (including phenoxy) is 15. The first-order chi connectivity index (χ1) is 63.8. The van der Waals surface area contributed by atoms with Crippen molar-refractivity contribution in [2.75, 3.05) is 27.4 Å². The molecule has 139 heavy (non-hydrogen) atoms. The van der Waals surface area contributed by atoms with E-state index >= 15 is 14.4 Å². The van der Waals surface area contributed by atoms with Gasteiger partial charge >= 0.3 is 54.0 Å². The van der Waals surface area contributed by atoms with Crippen molar-refractivity contribution in [1.29, 1.82) is 0 Å². The van der Waals surface area contributed by atoms with E-state index in [0.717, 1.165) is 35.5 Å². The monoisotopic (exact) mass is 1980 g/mol. The van der Waals surface area contributed by atoms with Crippen LogP contribution in [0.2, 0.25) is 0 Å². The van der Waals surface area contributed by atoms with Crippen LogP contribution >= 0.6 is 22.7 Å². The highest BCUT2D eigenvalue weighted by Gasteiger charge is 2.80. The van der Waals surface area contributed by atoms with E-state index in [-0.39, 0.29) is 77.1 Å². The smallest absolute Gasteiger partial charge is 0.417 e. The van der Waals surface area contributed by atoms with E-state index in [2.05, 4.69) is 5.32 Å². The van der Waals surface area contributed by atoms with Crippen molar-refractivity contribution >= 4 is 94.1 Å². The third kappa shape index (κ3) is 20.6. The number of hydrogen-bond acceptors (Lipinski definition) is 32. The van der Waals surface area contributed by atoms with Crippen molar-refractivity contribution in [2.45, 2.75) is 357 Å². The number of carbonyl (C=O) groups is 12. The second-order valence-corrected chi connectivity index (χ2v) is 43.3. The largest absolute Gasteiger partial charge is 0.456 e. The number of nitrogens with one attached hydrogen (secondary N) is 1. The summed E-state index contributed by atoms with van der Waals surface area (Å²) < 4.78 is 90.3. The highest BCUT2D eigenvalue weighted by atomic mass is 32.1. The minimum absolute atomic E-state index is 0. The zero-order valence-corrected chi connectivity index (χ0v) is 83.4. The number of β-lactam (4-membered cyclic amide) rings is 1. The number of aliphatic hydroxyl groups is 3. The molecule has 6 saturated carbocycles. The number of imide groups is 1. The molecule has 3 saturated heterocycles. The van der Waals surface area contributed by atoms with Crippen molar-refractivity contribution in [3.05, 3.63) is 139 Å². The lowest BCUT2D eigenvalue weighted by Gasteiger charge is -2.68. The first-order valence-corrected chi connectivity index (χ1v) is 49.0. The number of ketones is 2. The highest BCUT2D eigenvalue weighted by Crippen LogP contribution is 2.69. The summed E-state index contributed by atoms with van der Waals surface area (Å²) in [5.41, 5.74) is -11.7. The van der Waals surface area contributed by atoms with Gasteiger partial charge in [-0.3, -0.25) is 33.6 Å². The van der Waals surface area contributed by atoms with E-state index in [9.17, 15) is 58.5 Å². The number of nitrogens with zero attached hydrogens (tertiary/aromatic N) is 1. The predicted octanol–water partition coefficient (Wildman–Crippen LogP) is 16.3. The van der Waals surface area contributed by atoms with Gasteiger partial charge in [-0.25, -0.2) is 28.9 Å². The molecule has 0 spiro atoms. The van der Waals surface area contributed by atoms with Crippen LogP contribution < -0.4 is 5.32 Å². The standard InChI is InChI=1S/C51H67NO15S.C36H46O10.C15H21NO5S.3CH4/c1-27(2)62-46(58)52-37(34-22-17-23-68-34)39(67-48(8,9)60-11)45(57)63-33-25-51(59)42(65-44(56)32-18-13-12-14-19-32)40-49(10,28(3)24-35-50(40,26-61-35)66-30(5)53)41(54)38(36(29(33)4)47(51,6)7)64-43(55)31-20-15-16-21-31;1-19-16-25-35(18-43-25,46-21(3)37)28-30(45-32(41)23-12-8-7-9-13-23)36(42)17-24(38)20(2)26(33(36,4)5)27(29(39)34(19,28)6)44-31(40)22-14-10-11-15-22;1-9(2)20-14(18)16-11(10-7-6-8-22-10)12(13(16)17)21-15(3,4)19-5;;;/h12-14,17-19,22-23,27-28,31,33,35,37-40,42,59H,15-16,20-21,24-26H2,1-11H3,(H,52,58);7-9,12-13,19,22,24-25,27-28,30,38,42H,10-11,14-18H2,1-6H3;6-9,11-12H,1-5H3;3*1H4/t28-,33-,35+,37-,38+,39+,40-,42-,49+,50-,51+;19-,24-,25+,27+,28-,30-,34+,35-,36+;11-,12+;;;/m000.../s1. The number of Topliss-reactive ketones (excluding diaryl/α,β-unsaturated/α-hetero) is 2. The zero-order chi connectivity index (χ0) is 99.6. The number of aliphatic hydroxyl groups excluding tert-OH is 1. The number of fused-ring (bicyclic) bond motifs is 10. The molecular weight excluding hydrogens is 1830 g/mol. The number of methoxy groups -OCH3 is 2. The fraction of sp³-hybridized carbons (Fsp3) is 0.657. The molecule has 2 aromatic heterocycles. The molecule has 11 aliphatic rings. The summed E-state index contributed by atoms with van der Waals surface area (Å²) in [6, 6.07) is 22.0. The van der Waals surface area contributed by atoms with Gasteiger partial charge in [0.15, 0.2) is 58.8 Å². The number of esters is 7. The topological polar surface area (TPSA) is 419 Å². The summed E-state index contributed by atoms with van der Waals surface area (Å²) in [6.45, 7) is 33.1. The van der Waals surface area contributed by atoms with Crippen LogP contribution in [0.5, 0.6) is 0 Å². The molecule has 0 unspecified atom stereocenters. The molecule has 3 aliphatic heterocycles. The third-order valence-corrected chi connectivity index (χ3v) is 33.0. The number of carbonyl (C=O) groups excluding carboxylic acids is 12. The minimum Gasteiger partial charge on any atom is -0.456 e. The second kappa shape index (κ2) is 42.8. The molecule has 34 heteroatoms. The molecule has 2 aromatic carbocycles. The van der Waals surface area contributed by atoms with Gasteiger partial charge in [0.25, 0.3) is 5.91 Å². The van der Waals surface area contributed by atoms with E-state index in [4.69, 9.17) is 71.1 Å². The molecule has 4 aromatic rings. The lowest BCUT2D eigenvalue weighted by molar-refractivity contribution is -0.340. The van der Waals surface area contributed by atoms with E-state index in [1.54, 1.807) is 189 Å². The molecule has 4 bridgehead atoms. The molecule has 0 radical (unpaired) electrons. The number of thiophene rings is 2. The molecular formula is C105H146N2O30S2. The van der Waals surface area contributed by atoms with Crippen molar-refractivity contribution in [2.24, 2.45) is 57.2 Å². The third-order valence-electron chi connectivity index (χ3n) is 31.1. The van der Waals surface area contributed by atoms with Crippen LogP contribution in [0.1, 0.15) is 280 Å². The van der Waals surface area contributed by atoms with Gasteiger partial charge < -0.3 is 91.7 Å². The summed E-state index contributed by atoms with van der Waals surface area (Å²) in [5.74, 6) is -12.9. The summed E-state index contributed by atoms with van der Waals surface area (Å²) in [6.07, 6.45) is -9.06. The quantitative estimate of drug-likeness (QED) is 0.0166. The number of rotatable bonds is 24. The summed E-state index contributed by atoms with van der Waals surface area (Å²) >= 11 is 2.71. The van der Waals surface area contributed by atoms with Crippen molar-refractivity contribution < 1.29 is 144 Å². The minimum atomic E-state index is -2.28. The van der Waals surface area contributed by atoms with Crippen LogP contribution in [0.4, 0.5) is 9.59 Å². The molecule has 15 rings (SSSR count). The molecule has 3 amide bonds. The molecule has 32 nitrogen and oxygen atoms in total. The maximum absolute atomic E-state index is 16.2. The number of hydrogen-bond donors (Lipinski definition) is 4. The Morgan fingerprint density at radius 1 is 0.554 bits per heavy atom. The first-order valence-electron chi connectivity index (χ1n) is 47.2. The summed E-state index contributed by atoms with van der Waals surface area (Å²) in [7, 11) is 2.90. The number of amides is 3. The number of benzene rings is 2. The van der Waals surface area contributed by atoms with Crippen LogP contribution in [0.25, 0.3) is 0 Å². The van der Waals surface area contributed by atoms with Gasteiger partial charge in [0.1, 0.15) is 53.8 Å². The summed E-state index contributed by atoms with van der Waals surface area (Å²) in [5, 5.41) is 45.3. The van der Waals surface area contributed by atoms with Gasteiger partial charge in [0.05, 0.1) is 66.3 Å². The molecule has 5 heterocycles. The number of likely N-dealkylation sites (tertiary alicyclic amines) is 1. The normalized spacial score (nSPS) is 32.4. The van der Waals surface area contributed by atoms with Gasteiger partial charge in [0.2, 0.25) is 0 Å². The predicted molar refractivity (Wildman–Crippen MR) is 512 cm³/mol. The number of alkyl carbamates (subject to hydrolysis) is 1. The van der Waals surface area contributed by atoms with Crippen molar-refractivity contribution in [3.8, 4) is 0 Å². The van der Waals surface area contributed by atoms with Crippen LogP contribution in [-0.2, 0) is 109 Å². The van der Waals surface area contributed by atoms with Crippen LogP contribution in [0, 0.1) is 57.2 Å². The fourth-order valence-electron chi connectivity index (χ4n) is 23.0. The van der Waals surface area contributed by atoms with Crippen LogP contribution in [0.3, 0.4) is 0 Å². The summed E-state index contributed by atoms with van der Waals surface area (Å²) in [4.78, 5) is 169. The second-order valence-electron chi connectivity index (χ2n) is 41.3. The average molecular weight is 1980 g/mol. The molecule has 4 N–H and O–H groups in total. The fourth-order valence-corrected chi connectivity index (χ4v) is 24.7. The van der Waals surface area contributed by atoms with Crippen LogP contribution in [0.15, 0.2) is 118 Å². The lowest BCUT2D eigenvalue weighted by Crippen LogP contribution is -2.81. The van der Waals surface area contributed by atoms with Crippen LogP contribution in [-0.4, -0.2) is 226 Å². The Labute approximate surface area is 824 Å². The maximum Gasteiger partial charge on any atom is 0.417 e.